The van der Waals surface area contributed by atoms with Gasteiger partial charge in [-0.25, -0.2) is 0 Å². The predicted octanol–water partition coefficient (Wildman–Crippen LogP) is 4.85. The summed E-state index contributed by atoms with van der Waals surface area (Å²) in [5.74, 6) is 0.0166. The summed E-state index contributed by atoms with van der Waals surface area (Å²) in [5, 5.41) is 4.76. The molecule has 1 amide bonds. The third kappa shape index (κ3) is 4.73. The highest BCUT2D eigenvalue weighted by Crippen LogP contribution is 2.17. The number of carbonyl (C=O) groups excluding carboxylic acids is 1. The molecule has 0 atom stereocenters. The molecule has 0 aliphatic carbocycles. The smallest absolute Gasteiger partial charge is 0.246 e. The van der Waals surface area contributed by atoms with Gasteiger partial charge in [-0.3, -0.25) is 4.79 Å². The van der Waals surface area contributed by atoms with Gasteiger partial charge in [0.15, 0.2) is 0 Å². The number of benzene rings is 1. The van der Waals surface area contributed by atoms with Crippen LogP contribution in [0.3, 0.4) is 0 Å². The Labute approximate surface area is 134 Å². The summed E-state index contributed by atoms with van der Waals surface area (Å²) < 4.78 is 0. The maximum absolute atomic E-state index is 12.3. The van der Waals surface area contributed by atoms with Crippen molar-refractivity contribution in [2.75, 3.05) is 6.54 Å². The number of rotatable bonds is 6. The van der Waals surface area contributed by atoms with Gasteiger partial charge in [-0.15, -0.1) is 0 Å². The average Bonchev–Trinajstić information content (AvgIpc) is 2.99. The molecule has 0 fully saturated rings. The molecule has 2 nitrogen and oxygen atoms in total. The third-order valence-corrected chi connectivity index (χ3v) is 4.15. The van der Waals surface area contributed by atoms with E-state index in [0.29, 0.717) is 11.6 Å². The van der Waals surface area contributed by atoms with Crippen molar-refractivity contribution in [2.45, 2.75) is 19.9 Å². The van der Waals surface area contributed by atoms with E-state index in [1.165, 1.54) is 5.56 Å². The highest BCUT2D eigenvalue weighted by molar-refractivity contribution is 7.07. The Balaban J connectivity index is 2.06. The fourth-order valence-electron chi connectivity index (χ4n) is 2.02. The summed E-state index contributed by atoms with van der Waals surface area (Å²) in [6.07, 6.45) is 4.32. The van der Waals surface area contributed by atoms with Crippen molar-refractivity contribution in [3.8, 4) is 0 Å². The van der Waals surface area contributed by atoms with Crippen molar-refractivity contribution < 1.29 is 4.79 Å². The third-order valence-electron chi connectivity index (χ3n) is 3.07. The standard InChI is InChI=1S/C17H18ClNOS/c1-2-10-19(12-14-9-11-21-13-14)17(20)8-7-15-5-3-4-6-16(15)18/h3-9,11,13H,2,10,12H2,1H3/b8-7+. The number of thiophene rings is 1. The molecule has 1 heterocycles. The second-order valence-electron chi connectivity index (χ2n) is 4.75. The summed E-state index contributed by atoms with van der Waals surface area (Å²) >= 11 is 7.74. The van der Waals surface area contributed by atoms with Crippen LogP contribution in [-0.4, -0.2) is 17.4 Å². The van der Waals surface area contributed by atoms with Crippen molar-refractivity contribution in [3.05, 3.63) is 63.3 Å². The van der Waals surface area contributed by atoms with Crippen molar-refractivity contribution in [1.29, 1.82) is 0 Å². The number of hydrogen-bond acceptors (Lipinski definition) is 2. The molecule has 21 heavy (non-hydrogen) atoms. The zero-order valence-corrected chi connectivity index (χ0v) is 13.5. The van der Waals surface area contributed by atoms with Gasteiger partial charge in [-0.05, 0) is 46.5 Å². The van der Waals surface area contributed by atoms with Crippen LogP contribution in [0.5, 0.6) is 0 Å². The van der Waals surface area contributed by atoms with Crippen molar-refractivity contribution in [3.63, 3.8) is 0 Å². The number of nitrogens with zero attached hydrogens (tertiary/aromatic N) is 1. The van der Waals surface area contributed by atoms with E-state index in [9.17, 15) is 4.79 Å². The molecular formula is C17H18ClNOS. The zero-order valence-electron chi connectivity index (χ0n) is 12.0. The van der Waals surface area contributed by atoms with E-state index in [2.05, 4.69) is 18.4 Å². The average molecular weight is 320 g/mol. The fraction of sp³-hybridized carbons (Fsp3) is 0.235. The highest BCUT2D eigenvalue weighted by Gasteiger charge is 2.10. The molecule has 0 aliphatic heterocycles. The first-order valence-corrected chi connectivity index (χ1v) is 8.25. The van der Waals surface area contributed by atoms with Crippen LogP contribution < -0.4 is 0 Å². The van der Waals surface area contributed by atoms with E-state index in [1.54, 1.807) is 23.5 Å². The molecule has 1 aromatic carbocycles. The first kappa shape index (κ1) is 15.8. The Kier molecular flexibility index (Phi) is 6.03. The number of halogens is 1. The second kappa shape index (κ2) is 8.01. The van der Waals surface area contributed by atoms with Crippen molar-refractivity contribution >= 4 is 34.9 Å². The molecule has 0 spiro atoms. The van der Waals surface area contributed by atoms with Gasteiger partial charge in [-0.1, -0.05) is 36.7 Å². The normalized spacial score (nSPS) is 11.0. The number of carbonyl (C=O) groups is 1. The molecule has 2 aromatic rings. The van der Waals surface area contributed by atoms with Gasteiger partial charge in [0.1, 0.15) is 0 Å². The van der Waals surface area contributed by atoms with E-state index < -0.39 is 0 Å². The zero-order chi connectivity index (χ0) is 15.1. The Morgan fingerprint density at radius 3 is 2.81 bits per heavy atom. The Bertz CT molecular complexity index is 607. The van der Waals surface area contributed by atoms with E-state index in [-0.39, 0.29) is 5.91 Å². The van der Waals surface area contributed by atoms with Crippen LogP contribution in [0.2, 0.25) is 5.02 Å². The largest absolute Gasteiger partial charge is 0.335 e. The van der Waals surface area contributed by atoms with E-state index in [4.69, 9.17) is 11.6 Å². The summed E-state index contributed by atoms with van der Waals surface area (Å²) in [7, 11) is 0. The minimum atomic E-state index is 0.0166. The SMILES string of the molecule is CCCN(Cc1ccsc1)C(=O)/C=C/c1ccccc1Cl. The van der Waals surface area contributed by atoms with Gasteiger partial charge in [-0.2, -0.15) is 11.3 Å². The summed E-state index contributed by atoms with van der Waals surface area (Å²) in [6.45, 7) is 3.48. The summed E-state index contributed by atoms with van der Waals surface area (Å²) in [5.41, 5.74) is 2.03. The Morgan fingerprint density at radius 1 is 1.33 bits per heavy atom. The van der Waals surface area contributed by atoms with Crippen molar-refractivity contribution in [1.82, 2.24) is 4.90 Å². The van der Waals surface area contributed by atoms with Gasteiger partial charge >= 0.3 is 0 Å². The fourth-order valence-corrected chi connectivity index (χ4v) is 2.88. The molecule has 1 aromatic heterocycles. The highest BCUT2D eigenvalue weighted by atomic mass is 35.5. The molecule has 2 rings (SSSR count). The predicted molar refractivity (Wildman–Crippen MR) is 90.5 cm³/mol. The van der Waals surface area contributed by atoms with E-state index >= 15 is 0 Å². The van der Waals surface area contributed by atoms with Crippen LogP contribution in [0.25, 0.3) is 6.08 Å². The van der Waals surface area contributed by atoms with Crippen molar-refractivity contribution in [2.24, 2.45) is 0 Å². The van der Waals surface area contributed by atoms with Gasteiger partial charge in [0, 0.05) is 24.2 Å². The first-order chi connectivity index (χ1) is 10.2. The molecule has 0 radical (unpaired) electrons. The Morgan fingerprint density at radius 2 is 2.14 bits per heavy atom. The molecule has 0 aliphatic rings. The maximum atomic E-state index is 12.3. The van der Waals surface area contributed by atoms with E-state index in [0.717, 1.165) is 18.5 Å². The lowest BCUT2D eigenvalue weighted by molar-refractivity contribution is -0.126. The van der Waals surface area contributed by atoms with E-state index in [1.807, 2.05) is 34.5 Å². The minimum Gasteiger partial charge on any atom is -0.335 e. The minimum absolute atomic E-state index is 0.0166. The molecular weight excluding hydrogens is 302 g/mol. The van der Waals surface area contributed by atoms with Crippen LogP contribution in [-0.2, 0) is 11.3 Å². The molecule has 4 heteroatoms. The molecule has 110 valence electrons. The van der Waals surface area contributed by atoms with Crippen LogP contribution in [0, 0.1) is 0 Å². The van der Waals surface area contributed by atoms with Crippen LogP contribution in [0.4, 0.5) is 0 Å². The van der Waals surface area contributed by atoms with Gasteiger partial charge in [0.2, 0.25) is 5.91 Å². The Hall–Kier alpha value is -1.58. The summed E-state index contributed by atoms with van der Waals surface area (Å²) in [4.78, 5) is 14.2. The second-order valence-corrected chi connectivity index (χ2v) is 5.93. The lowest BCUT2D eigenvalue weighted by atomic mass is 10.2. The topological polar surface area (TPSA) is 20.3 Å². The van der Waals surface area contributed by atoms with Gasteiger partial charge in [0.05, 0.1) is 0 Å². The quantitative estimate of drug-likeness (QED) is 0.697. The molecule has 0 N–H and O–H groups in total. The van der Waals surface area contributed by atoms with Crippen LogP contribution >= 0.6 is 22.9 Å². The number of hydrogen-bond donors (Lipinski definition) is 0. The molecule has 0 saturated carbocycles. The molecule has 0 unspecified atom stereocenters. The number of amides is 1. The lowest BCUT2D eigenvalue weighted by Crippen LogP contribution is -2.29. The van der Waals surface area contributed by atoms with Gasteiger partial charge in [0.25, 0.3) is 0 Å². The molecule has 0 saturated heterocycles. The monoisotopic (exact) mass is 319 g/mol. The maximum Gasteiger partial charge on any atom is 0.246 e. The summed E-state index contributed by atoms with van der Waals surface area (Å²) in [6, 6.07) is 9.56. The first-order valence-electron chi connectivity index (χ1n) is 6.93. The van der Waals surface area contributed by atoms with Crippen LogP contribution in [0.1, 0.15) is 24.5 Å². The van der Waals surface area contributed by atoms with Gasteiger partial charge < -0.3 is 4.90 Å². The van der Waals surface area contributed by atoms with Crippen LogP contribution in [0.15, 0.2) is 47.2 Å². The lowest BCUT2D eigenvalue weighted by Gasteiger charge is -2.20. The molecule has 0 bridgehead atoms.